The van der Waals surface area contributed by atoms with Gasteiger partial charge < -0.3 is 14.7 Å². The van der Waals surface area contributed by atoms with E-state index < -0.39 is 0 Å². The van der Waals surface area contributed by atoms with Gasteiger partial charge in [-0.15, -0.1) is 11.3 Å². The molecule has 1 aromatic heterocycles. The summed E-state index contributed by atoms with van der Waals surface area (Å²) in [6.07, 6.45) is 0. The smallest absolute Gasteiger partial charge is 0.139 e. The van der Waals surface area contributed by atoms with Crippen LogP contribution in [0.3, 0.4) is 0 Å². The maximum atomic E-state index is 6.23. The lowest BCUT2D eigenvalue weighted by Crippen LogP contribution is -2.48. The van der Waals surface area contributed by atoms with Crippen molar-refractivity contribution >= 4 is 45.8 Å². The Morgan fingerprint density at radius 1 is 1.12 bits per heavy atom. The van der Waals surface area contributed by atoms with Gasteiger partial charge in [0.25, 0.3) is 0 Å². The molecule has 0 unspecified atom stereocenters. The number of rotatable bonds is 1. The van der Waals surface area contributed by atoms with Gasteiger partial charge >= 0.3 is 0 Å². The van der Waals surface area contributed by atoms with Gasteiger partial charge in [0.15, 0.2) is 0 Å². The highest BCUT2D eigenvalue weighted by molar-refractivity contribution is 7.08. The largest absolute Gasteiger partial charge is 0.353 e. The number of amidine groups is 1. The molecule has 0 atom stereocenters. The number of likely N-dealkylation sites (N-methyl/N-ethyl adjacent to an activating group) is 1. The van der Waals surface area contributed by atoms with E-state index in [2.05, 4.69) is 45.5 Å². The van der Waals surface area contributed by atoms with Crippen LogP contribution in [0, 0.1) is 0 Å². The van der Waals surface area contributed by atoms with Gasteiger partial charge in [-0.3, -0.25) is 0 Å². The third-order valence-corrected chi connectivity index (χ3v) is 5.85. The molecule has 24 heavy (non-hydrogen) atoms. The summed E-state index contributed by atoms with van der Waals surface area (Å²) in [5, 5.41) is 5.15. The summed E-state index contributed by atoms with van der Waals surface area (Å²) >= 11 is 7.96. The Kier molecular flexibility index (Phi) is 4.24. The van der Waals surface area contributed by atoms with Crippen LogP contribution in [0.1, 0.15) is 12.5 Å². The van der Waals surface area contributed by atoms with Crippen molar-refractivity contribution in [2.45, 2.75) is 6.92 Å². The number of aliphatic imine (C=N–C) groups is 1. The molecule has 2 aliphatic rings. The van der Waals surface area contributed by atoms with Crippen molar-refractivity contribution in [2.24, 2.45) is 4.99 Å². The van der Waals surface area contributed by atoms with E-state index in [-0.39, 0.29) is 0 Å². The summed E-state index contributed by atoms with van der Waals surface area (Å²) in [4.78, 5) is 12.2. The molecule has 0 saturated carbocycles. The average molecular weight is 361 g/mol. The Labute approximate surface area is 152 Å². The Hall–Kier alpha value is -1.56. The first kappa shape index (κ1) is 15.9. The first-order valence-corrected chi connectivity index (χ1v) is 9.65. The van der Waals surface area contributed by atoms with Crippen LogP contribution in [-0.2, 0) is 0 Å². The zero-order valence-electron chi connectivity index (χ0n) is 14.0. The summed E-state index contributed by atoms with van der Waals surface area (Å²) in [6, 6.07) is 5.95. The monoisotopic (exact) mass is 360 g/mol. The quantitative estimate of drug-likeness (QED) is 0.761. The number of nitrogens with zero attached hydrogens (tertiary/aromatic N) is 4. The summed E-state index contributed by atoms with van der Waals surface area (Å²) < 4.78 is 0. The third kappa shape index (κ3) is 2.70. The topological polar surface area (TPSA) is 22.1 Å². The van der Waals surface area contributed by atoms with Crippen molar-refractivity contribution in [2.75, 3.05) is 44.7 Å². The molecule has 3 heterocycles. The van der Waals surface area contributed by atoms with Gasteiger partial charge in [-0.05, 0) is 24.7 Å². The number of thiophene rings is 1. The van der Waals surface area contributed by atoms with E-state index >= 15 is 0 Å². The van der Waals surface area contributed by atoms with Crippen molar-refractivity contribution in [3.63, 3.8) is 0 Å². The van der Waals surface area contributed by atoms with Crippen LogP contribution in [0.2, 0.25) is 5.02 Å². The fourth-order valence-corrected chi connectivity index (χ4v) is 4.42. The van der Waals surface area contributed by atoms with E-state index in [0.717, 1.165) is 55.0 Å². The van der Waals surface area contributed by atoms with Crippen molar-refractivity contribution in [1.29, 1.82) is 0 Å². The zero-order valence-corrected chi connectivity index (χ0v) is 15.6. The molecule has 0 amide bonds. The van der Waals surface area contributed by atoms with E-state index in [1.54, 1.807) is 11.3 Å². The SMILES string of the molecule is CCN1CCN(C2=Nc3cc(Cl)ccc3N(C)c3cscc32)CC1. The normalized spacial score (nSPS) is 18.0. The molecule has 4 nitrogen and oxygen atoms in total. The molecule has 4 rings (SSSR count). The number of hydrogen-bond donors (Lipinski definition) is 0. The standard InChI is InChI=1S/C18H21ClN4S/c1-3-22-6-8-23(9-7-22)18-14-11-24-12-17(14)21(2)16-5-4-13(19)10-15(16)20-18/h4-5,10-12H,3,6-9H2,1-2H3. The molecule has 0 spiro atoms. The van der Waals surface area contributed by atoms with Crippen LogP contribution < -0.4 is 4.90 Å². The van der Waals surface area contributed by atoms with Crippen molar-refractivity contribution in [3.05, 3.63) is 39.5 Å². The predicted octanol–water partition coefficient (Wildman–Crippen LogP) is 4.20. The van der Waals surface area contributed by atoms with Crippen LogP contribution in [0.25, 0.3) is 0 Å². The fraction of sp³-hybridized carbons (Fsp3) is 0.389. The van der Waals surface area contributed by atoms with Crippen LogP contribution in [0.15, 0.2) is 34.0 Å². The number of hydrogen-bond acceptors (Lipinski definition) is 5. The minimum atomic E-state index is 0.727. The molecule has 1 fully saturated rings. The maximum absolute atomic E-state index is 6.23. The molecule has 0 aliphatic carbocycles. The summed E-state index contributed by atoms with van der Waals surface area (Å²) in [6.45, 7) is 7.55. The zero-order chi connectivity index (χ0) is 16.7. The molecule has 0 radical (unpaired) electrons. The van der Waals surface area contributed by atoms with Crippen LogP contribution in [0.5, 0.6) is 0 Å². The maximum Gasteiger partial charge on any atom is 0.139 e. The van der Waals surface area contributed by atoms with Crippen LogP contribution in [0.4, 0.5) is 17.1 Å². The second-order valence-corrected chi connectivity index (χ2v) is 7.40. The number of halogens is 1. The second kappa shape index (κ2) is 6.39. The van der Waals surface area contributed by atoms with E-state index in [0.29, 0.717) is 0 Å². The highest BCUT2D eigenvalue weighted by Gasteiger charge is 2.27. The molecule has 126 valence electrons. The number of benzene rings is 1. The minimum absolute atomic E-state index is 0.727. The fourth-order valence-electron chi connectivity index (χ4n) is 3.41. The summed E-state index contributed by atoms with van der Waals surface area (Å²) in [5.41, 5.74) is 4.48. The van der Waals surface area contributed by atoms with E-state index in [1.165, 1.54) is 11.3 Å². The predicted molar refractivity (Wildman–Crippen MR) is 104 cm³/mol. The third-order valence-electron chi connectivity index (χ3n) is 4.89. The molecule has 0 N–H and O–H groups in total. The molecule has 2 aliphatic heterocycles. The molecule has 1 aromatic carbocycles. The summed E-state index contributed by atoms with van der Waals surface area (Å²) in [7, 11) is 2.10. The average Bonchev–Trinajstić information content (AvgIpc) is 3.05. The van der Waals surface area contributed by atoms with Gasteiger partial charge in [0.2, 0.25) is 0 Å². The summed E-state index contributed by atoms with van der Waals surface area (Å²) in [5.74, 6) is 1.08. The molecule has 2 aromatic rings. The first-order chi connectivity index (χ1) is 11.7. The number of fused-ring (bicyclic) bond motifs is 2. The molecule has 1 saturated heterocycles. The molecular weight excluding hydrogens is 340 g/mol. The molecule has 6 heteroatoms. The van der Waals surface area contributed by atoms with Gasteiger partial charge in [-0.1, -0.05) is 18.5 Å². The van der Waals surface area contributed by atoms with E-state index in [9.17, 15) is 0 Å². The highest BCUT2D eigenvalue weighted by atomic mass is 35.5. The Bertz CT molecular complexity index is 777. The lowest BCUT2D eigenvalue weighted by Gasteiger charge is -2.36. The van der Waals surface area contributed by atoms with Gasteiger partial charge in [0.1, 0.15) is 5.84 Å². The molecule has 0 bridgehead atoms. The Morgan fingerprint density at radius 2 is 1.92 bits per heavy atom. The van der Waals surface area contributed by atoms with Gasteiger partial charge in [0, 0.05) is 49.0 Å². The van der Waals surface area contributed by atoms with Crippen molar-refractivity contribution in [1.82, 2.24) is 9.80 Å². The lowest BCUT2D eigenvalue weighted by molar-refractivity contribution is 0.190. The van der Waals surface area contributed by atoms with E-state index in [4.69, 9.17) is 16.6 Å². The number of piperazine rings is 1. The van der Waals surface area contributed by atoms with Crippen LogP contribution >= 0.6 is 22.9 Å². The lowest BCUT2D eigenvalue weighted by atomic mass is 10.2. The van der Waals surface area contributed by atoms with Crippen molar-refractivity contribution < 1.29 is 0 Å². The van der Waals surface area contributed by atoms with Gasteiger partial charge in [-0.2, -0.15) is 0 Å². The number of anilines is 2. The van der Waals surface area contributed by atoms with Crippen LogP contribution in [-0.4, -0.2) is 55.4 Å². The molecular formula is C18H21ClN4S. The van der Waals surface area contributed by atoms with Crippen molar-refractivity contribution in [3.8, 4) is 0 Å². The first-order valence-electron chi connectivity index (χ1n) is 8.33. The van der Waals surface area contributed by atoms with Gasteiger partial charge in [0.05, 0.1) is 22.6 Å². The Morgan fingerprint density at radius 3 is 2.67 bits per heavy atom. The second-order valence-electron chi connectivity index (χ2n) is 6.22. The highest BCUT2D eigenvalue weighted by Crippen LogP contribution is 2.41. The van der Waals surface area contributed by atoms with E-state index in [1.807, 2.05) is 12.1 Å². The van der Waals surface area contributed by atoms with Gasteiger partial charge in [-0.25, -0.2) is 4.99 Å². The minimum Gasteiger partial charge on any atom is -0.353 e. The Balaban J connectivity index is 1.78.